The zero-order valence-electron chi connectivity index (χ0n) is 20.4. The molecule has 0 radical (unpaired) electrons. The van der Waals surface area contributed by atoms with Crippen molar-refractivity contribution in [1.29, 1.82) is 0 Å². The number of amides is 2. The van der Waals surface area contributed by atoms with Crippen molar-refractivity contribution in [2.24, 2.45) is 0 Å². The van der Waals surface area contributed by atoms with Gasteiger partial charge in [0.25, 0.3) is 0 Å². The summed E-state index contributed by atoms with van der Waals surface area (Å²) in [5.74, 6) is 1.04. The van der Waals surface area contributed by atoms with Gasteiger partial charge in [0, 0.05) is 30.5 Å². The van der Waals surface area contributed by atoms with Gasteiger partial charge in [-0.3, -0.25) is 4.90 Å². The Labute approximate surface area is 216 Å². The number of benzene rings is 3. The standard InChI is InChI=1S/C28H29ClN6O/c1-3-34(4-2)23-16-14-22(15-17-23)32-26-18-27(31-20-30-26)35(19-21-10-6-5-7-11-21)28(36)33-25-13-9-8-12-24(25)29/h5-18,20H,3-4,19H2,1-2H3,(H,33,36)(H,30,31,32). The van der Waals surface area contributed by atoms with Gasteiger partial charge in [-0.2, -0.15) is 0 Å². The third-order valence-electron chi connectivity index (χ3n) is 5.74. The minimum atomic E-state index is -0.347. The summed E-state index contributed by atoms with van der Waals surface area (Å²) < 4.78 is 0. The van der Waals surface area contributed by atoms with Crippen molar-refractivity contribution in [2.75, 3.05) is 33.5 Å². The van der Waals surface area contributed by atoms with Gasteiger partial charge in [0.05, 0.1) is 17.3 Å². The molecule has 0 saturated heterocycles. The number of hydrogen-bond donors (Lipinski definition) is 2. The van der Waals surface area contributed by atoms with Crippen LogP contribution >= 0.6 is 11.6 Å². The van der Waals surface area contributed by atoms with Gasteiger partial charge in [-0.15, -0.1) is 0 Å². The summed E-state index contributed by atoms with van der Waals surface area (Å²) in [6, 6.07) is 26.5. The van der Waals surface area contributed by atoms with Gasteiger partial charge < -0.3 is 15.5 Å². The van der Waals surface area contributed by atoms with E-state index in [2.05, 4.69) is 51.5 Å². The normalized spacial score (nSPS) is 10.5. The molecule has 8 heteroatoms. The van der Waals surface area contributed by atoms with Crippen LogP contribution in [0.3, 0.4) is 0 Å². The molecule has 0 unspecified atom stereocenters. The first-order valence-corrected chi connectivity index (χ1v) is 12.3. The summed E-state index contributed by atoms with van der Waals surface area (Å²) in [4.78, 5) is 26.0. The average Bonchev–Trinajstić information content (AvgIpc) is 2.91. The summed E-state index contributed by atoms with van der Waals surface area (Å²) in [6.07, 6.45) is 1.45. The lowest BCUT2D eigenvalue weighted by atomic mass is 10.2. The van der Waals surface area contributed by atoms with Crippen LogP contribution in [0.5, 0.6) is 0 Å². The molecule has 2 amide bonds. The van der Waals surface area contributed by atoms with Gasteiger partial charge in [-0.1, -0.05) is 54.1 Å². The number of carbonyl (C=O) groups is 1. The molecule has 0 bridgehead atoms. The van der Waals surface area contributed by atoms with E-state index in [9.17, 15) is 4.79 Å². The Hall–Kier alpha value is -4.10. The first kappa shape index (κ1) is 25.0. The number of nitrogens with one attached hydrogen (secondary N) is 2. The lowest BCUT2D eigenvalue weighted by Crippen LogP contribution is -2.35. The Morgan fingerprint density at radius 1 is 0.889 bits per heavy atom. The molecule has 0 atom stereocenters. The second-order valence-electron chi connectivity index (χ2n) is 8.09. The van der Waals surface area contributed by atoms with Gasteiger partial charge in [0.2, 0.25) is 0 Å². The van der Waals surface area contributed by atoms with Crippen molar-refractivity contribution in [3.63, 3.8) is 0 Å². The molecule has 0 saturated carbocycles. The maximum absolute atomic E-state index is 13.4. The van der Waals surface area contributed by atoms with Crippen LogP contribution in [0.1, 0.15) is 19.4 Å². The first-order valence-electron chi connectivity index (χ1n) is 11.9. The molecule has 4 rings (SSSR count). The van der Waals surface area contributed by atoms with E-state index in [0.717, 1.165) is 24.3 Å². The Bertz CT molecular complexity index is 1280. The number of nitrogens with zero attached hydrogens (tertiary/aromatic N) is 4. The highest BCUT2D eigenvalue weighted by molar-refractivity contribution is 6.33. The summed E-state index contributed by atoms with van der Waals surface area (Å²) in [5, 5.41) is 6.67. The van der Waals surface area contributed by atoms with Crippen LogP contribution in [-0.4, -0.2) is 29.1 Å². The molecular formula is C28H29ClN6O. The lowest BCUT2D eigenvalue weighted by Gasteiger charge is -2.23. The number of hydrogen-bond acceptors (Lipinski definition) is 5. The van der Waals surface area contributed by atoms with Crippen molar-refractivity contribution < 1.29 is 4.79 Å². The molecular weight excluding hydrogens is 472 g/mol. The van der Waals surface area contributed by atoms with E-state index in [1.165, 1.54) is 12.0 Å². The van der Waals surface area contributed by atoms with E-state index in [-0.39, 0.29) is 6.03 Å². The SMILES string of the molecule is CCN(CC)c1ccc(Nc2cc(N(Cc3ccccc3)C(=O)Nc3ccccc3Cl)ncn2)cc1. The molecule has 1 heterocycles. The molecule has 0 aliphatic carbocycles. The van der Waals surface area contributed by atoms with Gasteiger partial charge in [0.1, 0.15) is 18.0 Å². The Kier molecular flexibility index (Phi) is 8.36. The molecule has 0 spiro atoms. The van der Waals surface area contributed by atoms with Crippen molar-refractivity contribution in [3.05, 3.63) is 102 Å². The molecule has 2 N–H and O–H groups in total. The molecule has 7 nitrogen and oxygen atoms in total. The Morgan fingerprint density at radius 2 is 1.58 bits per heavy atom. The Balaban J connectivity index is 1.58. The number of halogens is 1. The summed E-state index contributed by atoms with van der Waals surface area (Å²) >= 11 is 6.27. The predicted octanol–water partition coefficient (Wildman–Crippen LogP) is 6.96. The van der Waals surface area contributed by atoms with Gasteiger partial charge >= 0.3 is 6.03 Å². The van der Waals surface area contributed by atoms with Crippen LogP contribution < -0.4 is 20.4 Å². The van der Waals surface area contributed by atoms with Gasteiger partial charge in [0.15, 0.2) is 0 Å². The topological polar surface area (TPSA) is 73.4 Å². The molecule has 0 fully saturated rings. The predicted molar refractivity (Wildman–Crippen MR) is 148 cm³/mol. The van der Waals surface area contributed by atoms with Crippen LogP contribution in [0.2, 0.25) is 5.02 Å². The molecule has 1 aromatic heterocycles. The van der Waals surface area contributed by atoms with Crippen molar-refractivity contribution >= 4 is 46.3 Å². The summed E-state index contributed by atoms with van der Waals surface area (Å²) in [7, 11) is 0. The number of urea groups is 1. The van der Waals surface area contributed by atoms with E-state index in [0.29, 0.717) is 28.9 Å². The minimum Gasteiger partial charge on any atom is -0.372 e. The minimum absolute atomic E-state index is 0.326. The molecule has 0 aliphatic heterocycles. The van der Waals surface area contributed by atoms with Crippen LogP contribution in [-0.2, 0) is 6.54 Å². The Morgan fingerprint density at radius 3 is 2.28 bits per heavy atom. The third-order valence-corrected chi connectivity index (χ3v) is 6.07. The fraction of sp³-hybridized carbons (Fsp3) is 0.179. The molecule has 0 aliphatic rings. The smallest absolute Gasteiger partial charge is 0.327 e. The fourth-order valence-electron chi connectivity index (χ4n) is 3.82. The van der Waals surface area contributed by atoms with Crippen molar-refractivity contribution in [1.82, 2.24) is 9.97 Å². The number of para-hydroxylation sites is 1. The maximum atomic E-state index is 13.4. The van der Waals surface area contributed by atoms with Gasteiger partial charge in [-0.05, 0) is 55.8 Å². The zero-order valence-corrected chi connectivity index (χ0v) is 21.1. The highest BCUT2D eigenvalue weighted by atomic mass is 35.5. The second kappa shape index (κ2) is 12.0. The van der Waals surface area contributed by atoms with E-state index >= 15 is 0 Å². The van der Waals surface area contributed by atoms with Crippen molar-refractivity contribution in [2.45, 2.75) is 20.4 Å². The molecule has 36 heavy (non-hydrogen) atoms. The number of carbonyl (C=O) groups excluding carboxylic acids is 1. The van der Waals surface area contributed by atoms with Crippen LogP contribution in [0.15, 0.2) is 91.3 Å². The van der Waals surface area contributed by atoms with Crippen LogP contribution in [0.4, 0.5) is 33.5 Å². The third kappa shape index (κ3) is 6.31. The van der Waals surface area contributed by atoms with E-state index < -0.39 is 0 Å². The molecule has 184 valence electrons. The molecule has 4 aromatic rings. The monoisotopic (exact) mass is 500 g/mol. The highest BCUT2D eigenvalue weighted by Gasteiger charge is 2.19. The zero-order chi connectivity index (χ0) is 25.3. The number of anilines is 5. The fourth-order valence-corrected chi connectivity index (χ4v) is 4.01. The number of aromatic nitrogens is 2. The van der Waals surface area contributed by atoms with Crippen LogP contribution in [0, 0.1) is 0 Å². The average molecular weight is 501 g/mol. The number of rotatable bonds is 9. The second-order valence-corrected chi connectivity index (χ2v) is 8.49. The van der Waals surface area contributed by atoms with Crippen molar-refractivity contribution in [3.8, 4) is 0 Å². The van der Waals surface area contributed by atoms with Crippen LogP contribution in [0.25, 0.3) is 0 Å². The first-order chi connectivity index (χ1) is 17.6. The van der Waals surface area contributed by atoms with Gasteiger partial charge in [-0.25, -0.2) is 14.8 Å². The lowest BCUT2D eigenvalue weighted by molar-refractivity contribution is 0.256. The summed E-state index contributed by atoms with van der Waals surface area (Å²) in [5.41, 5.74) is 3.56. The quantitative estimate of drug-likeness (QED) is 0.260. The van der Waals surface area contributed by atoms with E-state index in [1.807, 2.05) is 54.6 Å². The molecule has 3 aromatic carbocycles. The largest absolute Gasteiger partial charge is 0.372 e. The highest BCUT2D eigenvalue weighted by Crippen LogP contribution is 2.25. The maximum Gasteiger partial charge on any atom is 0.327 e. The summed E-state index contributed by atoms with van der Waals surface area (Å²) in [6.45, 7) is 6.51. The van der Waals surface area contributed by atoms with E-state index in [1.54, 1.807) is 23.1 Å². The van der Waals surface area contributed by atoms with E-state index in [4.69, 9.17) is 11.6 Å².